The van der Waals surface area contributed by atoms with E-state index in [4.69, 9.17) is 0 Å². The smallest absolute Gasteiger partial charge is 0.742 e. The second-order valence-electron chi connectivity index (χ2n) is 11.7. The maximum absolute atomic E-state index is 11.4. The van der Waals surface area contributed by atoms with E-state index in [9.17, 15) is 25.9 Å². The molecule has 0 radical (unpaired) electrons. The molecule has 0 aliphatic carbocycles. The summed E-state index contributed by atoms with van der Waals surface area (Å²) in [6.07, 6.45) is 3.36. The molecule has 0 amide bonds. The maximum Gasteiger partial charge on any atom is 1.00 e. The first-order valence-corrected chi connectivity index (χ1v) is 19.4. The minimum atomic E-state index is -4.84. The molecule has 0 aliphatic rings. The summed E-state index contributed by atoms with van der Waals surface area (Å²) >= 11 is 0. The Bertz CT molecular complexity index is 2670. The molecule has 8 rings (SSSR count). The number of pyridine rings is 2. The molecular weight excluding hydrogens is 799 g/mol. The van der Waals surface area contributed by atoms with E-state index in [2.05, 4.69) is 40.3 Å². The van der Waals surface area contributed by atoms with E-state index in [1.54, 1.807) is 60.9 Å². The Morgan fingerprint density at radius 2 is 0.690 bits per heavy atom. The molecule has 0 aliphatic heterocycles. The third-order valence-corrected chi connectivity index (χ3v) is 9.36. The number of rotatable bonds is 8. The van der Waals surface area contributed by atoms with Gasteiger partial charge in [-0.25, -0.2) is 26.8 Å². The molecule has 4 aromatic heterocycles. The van der Waals surface area contributed by atoms with Crippen molar-refractivity contribution in [1.29, 1.82) is 0 Å². The molecule has 4 heterocycles. The second kappa shape index (κ2) is 19.6. The van der Waals surface area contributed by atoms with E-state index in [1.165, 1.54) is 0 Å². The van der Waals surface area contributed by atoms with Crippen LogP contribution in [0.5, 0.6) is 0 Å². The van der Waals surface area contributed by atoms with Crippen LogP contribution in [0.3, 0.4) is 0 Å². The van der Waals surface area contributed by atoms with Crippen LogP contribution in [-0.4, -0.2) is 66.3 Å². The Morgan fingerprint density at radius 1 is 0.362 bits per heavy atom. The number of benzene rings is 4. The van der Waals surface area contributed by atoms with Gasteiger partial charge in [-0.15, -0.1) is 20.4 Å². The average Bonchev–Trinajstić information content (AvgIpc) is 3.24. The zero-order chi connectivity index (χ0) is 39.1. The molecule has 0 saturated heterocycles. The van der Waals surface area contributed by atoms with Gasteiger partial charge in [0.25, 0.3) is 10.3 Å². The van der Waals surface area contributed by atoms with Crippen LogP contribution >= 0.6 is 0 Å². The fourth-order valence-corrected chi connectivity index (χ4v) is 6.35. The topological polar surface area (TPSA) is 218 Å². The van der Waals surface area contributed by atoms with Crippen molar-refractivity contribution < 1.29 is 85.1 Å². The number of aromatic nitrogens is 8. The van der Waals surface area contributed by atoms with Gasteiger partial charge in [0.2, 0.25) is 0 Å². The molecule has 58 heavy (non-hydrogen) atoms. The molecule has 276 valence electrons. The standard InChI is InChI=1S/2C20H14N4O3S.2Na/c2*25-28(26,27)20-22-18(14-8-2-1-3-9-14)19(23-24-20)16-11-5-4-10-15(16)17-12-6-7-13-21-17;;/h2*1-13H,(H,25,26,27);;/q;;2*+1/p-2. The summed E-state index contributed by atoms with van der Waals surface area (Å²) in [6, 6.07) is 43.8. The molecule has 0 saturated carbocycles. The number of hydrogen-bond donors (Lipinski definition) is 0. The molecule has 4 aromatic carbocycles. The zero-order valence-electron chi connectivity index (χ0n) is 30.9. The van der Waals surface area contributed by atoms with Crippen molar-refractivity contribution in [3.63, 3.8) is 0 Å². The van der Waals surface area contributed by atoms with Gasteiger partial charge >= 0.3 is 59.1 Å². The van der Waals surface area contributed by atoms with Gasteiger partial charge < -0.3 is 9.11 Å². The van der Waals surface area contributed by atoms with E-state index in [0.29, 0.717) is 33.6 Å². The van der Waals surface area contributed by atoms with Gasteiger partial charge in [0.15, 0.2) is 20.2 Å². The van der Waals surface area contributed by atoms with Crippen LogP contribution in [0, 0.1) is 0 Å². The molecule has 0 spiro atoms. The van der Waals surface area contributed by atoms with Crippen molar-refractivity contribution in [2.45, 2.75) is 10.3 Å². The summed E-state index contributed by atoms with van der Waals surface area (Å²) in [7, 11) is -9.68. The van der Waals surface area contributed by atoms with Gasteiger partial charge in [0.05, 0.1) is 11.4 Å². The Labute approximate surface area is 378 Å². The van der Waals surface area contributed by atoms with Crippen molar-refractivity contribution in [2.75, 3.05) is 0 Å². The van der Waals surface area contributed by atoms with Gasteiger partial charge in [-0.2, -0.15) is 0 Å². The van der Waals surface area contributed by atoms with Crippen LogP contribution in [0.25, 0.3) is 67.5 Å². The Hall–Kier alpha value is -4.98. The van der Waals surface area contributed by atoms with E-state index in [0.717, 1.165) is 22.5 Å². The van der Waals surface area contributed by atoms with Crippen LogP contribution in [0.1, 0.15) is 0 Å². The van der Waals surface area contributed by atoms with Crippen molar-refractivity contribution in [1.82, 2.24) is 40.3 Å². The summed E-state index contributed by atoms with van der Waals surface area (Å²) in [5, 5.41) is 13.5. The first kappa shape index (κ1) is 44.1. The SMILES string of the molecule is O=S(=O)([O-])c1nnc(-c2ccccc2-c2ccccn2)c(-c2ccccc2)n1.O=S(=O)([O-])c1nnc(-c2ccccc2-c2ccccn2)c(-c2ccccc2)n1.[Na+].[Na+]. The largest absolute Gasteiger partial charge is 1.00 e. The third-order valence-electron chi connectivity index (χ3n) is 8.12. The van der Waals surface area contributed by atoms with Crippen molar-refractivity contribution in [2.24, 2.45) is 0 Å². The average molecular weight is 825 g/mol. The minimum absolute atomic E-state index is 0. The van der Waals surface area contributed by atoms with E-state index >= 15 is 0 Å². The van der Waals surface area contributed by atoms with Gasteiger partial charge in [-0.05, 0) is 24.3 Å². The summed E-state index contributed by atoms with van der Waals surface area (Å²) in [4.78, 5) is 16.8. The van der Waals surface area contributed by atoms with Crippen molar-refractivity contribution in [3.05, 3.63) is 158 Å². The van der Waals surface area contributed by atoms with Crippen LogP contribution in [-0.2, 0) is 20.2 Å². The summed E-state index contributed by atoms with van der Waals surface area (Å²) in [5.74, 6) is 0. The zero-order valence-corrected chi connectivity index (χ0v) is 36.5. The fourth-order valence-electron chi connectivity index (χ4n) is 5.66. The van der Waals surface area contributed by atoms with Gasteiger partial charge in [-0.1, -0.05) is 121 Å². The first-order chi connectivity index (χ1) is 27.1. The monoisotopic (exact) mass is 824 g/mol. The minimum Gasteiger partial charge on any atom is -0.742 e. The van der Waals surface area contributed by atoms with Gasteiger partial charge in [0, 0.05) is 45.8 Å². The van der Waals surface area contributed by atoms with Crippen molar-refractivity contribution in [3.8, 4) is 67.5 Å². The molecule has 0 atom stereocenters. The molecule has 18 heteroatoms. The summed E-state index contributed by atoms with van der Waals surface area (Å²) < 4.78 is 68.5. The maximum atomic E-state index is 11.4. The normalized spacial score (nSPS) is 10.9. The van der Waals surface area contributed by atoms with Gasteiger partial charge in [-0.3, -0.25) is 9.97 Å². The van der Waals surface area contributed by atoms with Crippen LogP contribution < -0.4 is 59.1 Å². The van der Waals surface area contributed by atoms with Crippen LogP contribution in [0.2, 0.25) is 0 Å². The molecule has 8 aromatic rings. The van der Waals surface area contributed by atoms with Crippen LogP contribution in [0.15, 0.2) is 168 Å². The Balaban J connectivity index is 0.000000214. The molecule has 0 bridgehead atoms. The predicted molar refractivity (Wildman–Crippen MR) is 204 cm³/mol. The number of nitrogens with zero attached hydrogens (tertiary/aromatic N) is 8. The quantitative estimate of drug-likeness (QED) is 0.149. The summed E-state index contributed by atoms with van der Waals surface area (Å²) in [5.41, 5.74) is 6.84. The second-order valence-corrected chi connectivity index (χ2v) is 14.3. The first-order valence-electron chi connectivity index (χ1n) is 16.6. The molecule has 0 fully saturated rings. The van der Waals surface area contributed by atoms with Crippen molar-refractivity contribution >= 4 is 20.2 Å². The molecule has 14 nitrogen and oxygen atoms in total. The summed E-state index contributed by atoms with van der Waals surface area (Å²) in [6.45, 7) is 0. The Morgan fingerprint density at radius 3 is 1.02 bits per heavy atom. The van der Waals surface area contributed by atoms with Crippen LogP contribution in [0.4, 0.5) is 0 Å². The molecular formula is C40H26N8Na2O6S2. The number of hydrogen-bond acceptors (Lipinski definition) is 14. The Kier molecular flexibility index (Phi) is 14.9. The van der Waals surface area contributed by atoms with E-state index in [1.807, 2.05) is 97.1 Å². The van der Waals surface area contributed by atoms with E-state index in [-0.39, 0.29) is 70.5 Å². The third kappa shape index (κ3) is 10.4. The molecule has 0 unspecified atom stereocenters. The van der Waals surface area contributed by atoms with E-state index < -0.39 is 30.5 Å². The fraction of sp³-hybridized carbons (Fsp3) is 0. The van der Waals surface area contributed by atoms with Gasteiger partial charge in [0.1, 0.15) is 22.8 Å². The predicted octanol–water partition coefficient (Wildman–Crippen LogP) is 0.351. The molecule has 0 N–H and O–H groups in total.